The van der Waals surface area contributed by atoms with E-state index in [0.717, 1.165) is 18.5 Å². The van der Waals surface area contributed by atoms with Gasteiger partial charge in [-0.05, 0) is 25.5 Å². The van der Waals surface area contributed by atoms with E-state index in [2.05, 4.69) is 4.98 Å². The largest absolute Gasteiger partial charge is 0.480 e. The van der Waals surface area contributed by atoms with Gasteiger partial charge >= 0.3 is 5.97 Å². The molecule has 0 saturated heterocycles. The Balaban J connectivity index is 2.45. The summed E-state index contributed by atoms with van der Waals surface area (Å²) in [5, 5.41) is 0. The van der Waals surface area contributed by atoms with Gasteiger partial charge in [0.2, 0.25) is 0 Å². The molecule has 1 heterocycles. The highest BCUT2D eigenvalue weighted by atomic mass is 16.6. The quantitative estimate of drug-likeness (QED) is 0.589. The van der Waals surface area contributed by atoms with Crippen molar-refractivity contribution < 1.29 is 14.3 Å². The SMILES string of the molecule is CCCCOC(=O)COc1ccc(C)nc1CN. The molecule has 0 aliphatic heterocycles. The van der Waals surface area contributed by atoms with Crippen molar-refractivity contribution in [2.45, 2.75) is 33.2 Å². The van der Waals surface area contributed by atoms with Gasteiger partial charge in [0.1, 0.15) is 5.75 Å². The first kappa shape index (κ1) is 14.4. The molecule has 1 aromatic heterocycles. The predicted molar refractivity (Wildman–Crippen MR) is 68.2 cm³/mol. The molecule has 0 saturated carbocycles. The molecule has 0 fully saturated rings. The number of aryl methyl sites for hydroxylation is 1. The second-order valence-corrected chi connectivity index (χ2v) is 3.96. The van der Waals surface area contributed by atoms with Crippen LogP contribution in [0.5, 0.6) is 5.75 Å². The highest BCUT2D eigenvalue weighted by molar-refractivity contribution is 5.71. The van der Waals surface area contributed by atoms with Gasteiger partial charge in [-0.15, -0.1) is 0 Å². The maximum atomic E-state index is 11.4. The van der Waals surface area contributed by atoms with Gasteiger partial charge in [0.15, 0.2) is 6.61 Å². The van der Waals surface area contributed by atoms with Gasteiger partial charge in [0.05, 0.1) is 12.3 Å². The normalized spacial score (nSPS) is 10.2. The number of carbonyl (C=O) groups is 1. The lowest BCUT2D eigenvalue weighted by atomic mass is 10.3. The molecule has 0 spiro atoms. The molecule has 0 aromatic carbocycles. The van der Waals surface area contributed by atoms with Gasteiger partial charge in [0, 0.05) is 12.2 Å². The van der Waals surface area contributed by atoms with Gasteiger partial charge in [-0.3, -0.25) is 4.98 Å². The summed E-state index contributed by atoms with van der Waals surface area (Å²) in [6.45, 7) is 4.52. The summed E-state index contributed by atoms with van der Waals surface area (Å²) in [4.78, 5) is 15.6. The molecule has 0 atom stereocenters. The van der Waals surface area contributed by atoms with Crippen LogP contribution in [0.2, 0.25) is 0 Å². The Labute approximate surface area is 107 Å². The highest BCUT2D eigenvalue weighted by Crippen LogP contribution is 2.16. The second kappa shape index (κ2) is 7.66. The van der Waals surface area contributed by atoms with Crippen molar-refractivity contribution >= 4 is 5.97 Å². The lowest BCUT2D eigenvalue weighted by Crippen LogP contribution is -2.17. The van der Waals surface area contributed by atoms with Crippen LogP contribution in [0.25, 0.3) is 0 Å². The number of hydrogen-bond acceptors (Lipinski definition) is 5. The zero-order valence-corrected chi connectivity index (χ0v) is 10.9. The first-order valence-corrected chi connectivity index (χ1v) is 6.12. The molecule has 5 heteroatoms. The standard InChI is InChI=1S/C13H20N2O3/c1-3-4-7-17-13(16)9-18-12-6-5-10(2)15-11(12)8-14/h5-6H,3-4,7-9,14H2,1-2H3. The minimum Gasteiger partial charge on any atom is -0.480 e. The summed E-state index contributed by atoms with van der Waals surface area (Å²) in [6.07, 6.45) is 1.86. The van der Waals surface area contributed by atoms with Crippen molar-refractivity contribution in [1.82, 2.24) is 4.98 Å². The third-order valence-electron chi connectivity index (χ3n) is 2.37. The van der Waals surface area contributed by atoms with E-state index in [1.807, 2.05) is 19.9 Å². The zero-order valence-electron chi connectivity index (χ0n) is 10.9. The van der Waals surface area contributed by atoms with Gasteiger partial charge in [0.25, 0.3) is 0 Å². The van der Waals surface area contributed by atoms with Crippen molar-refractivity contribution in [1.29, 1.82) is 0 Å². The van der Waals surface area contributed by atoms with Crippen LogP contribution in [0.4, 0.5) is 0 Å². The molecule has 0 unspecified atom stereocenters. The van der Waals surface area contributed by atoms with E-state index in [-0.39, 0.29) is 19.1 Å². The average molecular weight is 252 g/mol. The van der Waals surface area contributed by atoms with E-state index in [1.165, 1.54) is 0 Å². The second-order valence-electron chi connectivity index (χ2n) is 3.96. The lowest BCUT2D eigenvalue weighted by Gasteiger charge is -2.10. The molecule has 0 aliphatic carbocycles. The fourth-order valence-corrected chi connectivity index (χ4v) is 1.38. The highest BCUT2D eigenvalue weighted by Gasteiger charge is 2.08. The van der Waals surface area contributed by atoms with E-state index in [9.17, 15) is 4.79 Å². The number of nitrogens with two attached hydrogens (primary N) is 1. The van der Waals surface area contributed by atoms with E-state index < -0.39 is 0 Å². The average Bonchev–Trinajstić information content (AvgIpc) is 2.37. The van der Waals surface area contributed by atoms with Gasteiger partial charge in [-0.1, -0.05) is 13.3 Å². The maximum absolute atomic E-state index is 11.4. The molecule has 1 rings (SSSR count). The third-order valence-corrected chi connectivity index (χ3v) is 2.37. The summed E-state index contributed by atoms with van der Waals surface area (Å²) in [5.41, 5.74) is 7.08. The summed E-state index contributed by atoms with van der Waals surface area (Å²) >= 11 is 0. The van der Waals surface area contributed by atoms with Crippen LogP contribution in [0.15, 0.2) is 12.1 Å². The molecule has 0 bridgehead atoms. The maximum Gasteiger partial charge on any atom is 0.344 e. The summed E-state index contributed by atoms with van der Waals surface area (Å²) < 4.78 is 10.3. The smallest absolute Gasteiger partial charge is 0.344 e. The number of unbranched alkanes of at least 4 members (excludes halogenated alkanes) is 1. The Kier molecular flexibility index (Phi) is 6.14. The van der Waals surface area contributed by atoms with Crippen molar-refractivity contribution in [3.8, 4) is 5.75 Å². The molecule has 100 valence electrons. The molecule has 0 aliphatic rings. The Hall–Kier alpha value is -1.62. The van der Waals surface area contributed by atoms with Gasteiger partial charge in [-0.25, -0.2) is 4.79 Å². The van der Waals surface area contributed by atoms with Crippen molar-refractivity contribution in [2.75, 3.05) is 13.2 Å². The zero-order chi connectivity index (χ0) is 13.4. The lowest BCUT2D eigenvalue weighted by molar-refractivity contribution is -0.146. The monoisotopic (exact) mass is 252 g/mol. The number of carbonyl (C=O) groups excluding carboxylic acids is 1. The van der Waals surface area contributed by atoms with Crippen LogP contribution in [0.1, 0.15) is 31.2 Å². The molecule has 2 N–H and O–H groups in total. The van der Waals surface area contributed by atoms with Crippen LogP contribution in [0, 0.1) is 6.92 Å². The minimum absolute atomic E-state index is 0.110. The molecule has 0 amide bonds. The molecule has 0 radical (unpaired) electrons. The summed E-state index contributed by atoms with van der Waals surface area (Å²) in [7, 11) is 0. The van der Waals surface area contributed by atoms with Crippen LogP contribution in [0.3, 0.4) is 0 Å². The fraction of sp³-hybridized carbons (Fsp3) is 0.538. The number of ether oxygens (including phenoxy) is 2. The number of pyridine rings is 1. The van der Waals surface area contributed by atoms with Crippen LogP contribution >= 0.6 is 0 Å². The Morgan fingerprint density at radius 2 is 2.22 bits per heavy atom. The molecule has 18 heavy (non-hydrogen) atoms. The number of nitrogens with zero attached hydrogens (tertiary/aromatic N) is 1. The van der Waals surface area contributed by atoms with E-state index in [0.29, 0.717) is 18.1 Å². The van der Waals surface area contributed by atoms with Crippen LogP contribution in [-0.4, -0.2) is 24.2 Å². The minimum atomic E-state index is -0.369. The molecule has 1 aromatic rings. The topological polar surface area (TPSA) is 74.4 Å². The fourth-order valence-electron chi connectivity index (χ4n) is 1.38. The predicted octanol–water partition coefficient (Wildman–Crippen LogP) is 1.57. The Bertz CT molecular complexity index is 394. The number of hydrogen-bond donors (Lipinski definition) is 1. The van der Waals surface area contributed by atoms with E-state index >= 15 is 0 Å². The first-order valence-electron chi connectivity index (χ1n) is 6.12. The number of rotatable bonds is 7. The van der Waals surface area contributed by atoms with E-state index in [4.69, 9.17) is 15.2 Å². The van der Waals surface area contributed by atoms with Crippen LogP contribution < -0.4 is 10.5 Å². The molecule has 5 nitrogen and oxygen atoms in total. The molecular formula is C13H20N2O3. The Morgan fingerprint density at radius 3 is 2.89 bits per heavy atom. The van der Waals surface area contributed by atoms with Crippen molar-refractivity contribution in [2.24, 2.45) is 5.73 Å². The third kappa shape index (κ3) is 4.71. The van der Waals surface area contributed by atoms with Crippen molar-refractivity contribution in [3.05, 3.63) is 23.5 Å². The number of esters is 1. The first-order chi connectivity index (χ1) is 8.67. The van der Waals surface area contributed by atoms with Gasteiger partial charge in [-0.2, -0.15) is 0 Å². The van der Waals surface area contributed by atoms with Crippen molar-refractivity contribution in [3.63, 3.8) is 0 Å². The molecular weight excluding hydrogens is 232 g/mol. The summed E-state index contributed by atoms with van der Waals surface area (Å²) in [6, 6.07) is 3.58. The van der Waals surface area contributed by atoms with E-state index in [1.54, 1.807) is 6.07 Å². The Morgan fingerprint density at radius 1 is 1.44 bits per heavy atom. The van der Waals surface area contributed by atoms with Crippen LogP contribution in [-0.2, 0) is 16.1 Å². The number of aromatic nitrogens is 1. The van der Waals surface area contributed by atoms with Gasteiger partial charge < -0.3 is 15.2 Å². The summed E-state index contributed by atoms with van der Waals surface area (Å²) in [5.74, 6) is 0.169.